The number of hydrogen-bond acceptors (Lipinski definition) is 4. The maximum atomic E-state index is 12.7. The third kappa shape index (κ3) is 3.43. The highest BCUT2D eigenvalue weighted by Crippen LogP contribution is 2.35. The molecule has 0 amide bonds. The third-order valence-electron chi connectivity index (χ3n) is 3.78. The second-order valence-electron chi connectivity index (χ2n) is 6.02. The van der Waals surface area contributed by atoms with Gasteiger partial charge in [-0.1, -0.05) is 18.2 Å². The second-order valence-corrected chi connectivity index (χ2v) is 8.52. The predicted octanol–water partition coefficient (Wildman–Crippen LogP) is 3.43. The summed E-state index contributed by atoms with van der Waals surface area (Å²) in [5.74, 6) is 1.31. The van der Waals surface area contributed by atoms with Gasteiger partial charge in [-0.05, 0) is 59.6 Å². The van der Waals surface area contributed by atoms with Crippen molar-refractivity contribution in [2.24, 2.45) is 0 Å². The topological polar surface area (TPSA) is 64.6 Å². The van der Waals surface area contributed by atoms with Gasteiger partial charge in [0.2, 0.25) is 10.0 Å². The van der Waals surface area contributed by atoms with Crippen molar-refractivity contribution in [1.29, 1.82) is 0 Å². The number of hydrogen-bond donors (Lipinski definition) is 1. The average Bonchev–Trinajstić information content (AvgIpc) is 2.53. The van der Waals surface area contributed by atoms with Gasteiger partial charge in [0.1, 0.15) is 13.2 Å². The van der Waals surface area contributed by atoms with Crippen LogP contribution in [0.3, 0.4) is 0 Å². The molecule has 7 heteroatoms. The standard InChI is InChI=1S/C17H18BrNO4S/c1-17(2,12-7-8-14-15(11-12)23-10-9-22-14)19-24(20,21)16-6-4-3-5-13(16)18/h3-8,11,19H,9-10H2,1-2H3. The summed E-state index contributed by atoms with van der Waals surface area (Å²) in [6.45, 7) is 4.63. The number of sulfonamides is 1. The normalized spacial score (nSPS) is 14.5. The van der Waals surface area contributed by atoms with Crippen LogP contribution in [0, 0.1) is 0 Å². The van der Waals surface area contributed by atoms with E-state index in [-0.39, 0.29) is 4.90 Å². The van der Waals surface area contributed by atoms with Crippen LogP contribution in [0.15, 0.2) is 51.8 Å². The lowest BCUT2D eigenvalue weighted by Gasteiger charge is -2.28. The highest BCUT2D eigenvalue weighted by atomic mass is 79.9. The largest absolute Gasteiger partial charge is 0.486 e. The van der Waals surface area contributed by atoms with Gasteiger partial charge in [-0.25, -0.2) is 13.1 Å². The van der Waals surface area contributed by atoms with Gasteiger partial charge in [0.15, 0.2) is 11.5 Å². The van der Waals surface area contributed by atoms with Gasteiger partial charge in [0, 0.05) is 4.47 Å². The molecular weight excluding hydrogens is 394 g/mol. The van der Waals surface area contributed by atoms with Crippen molar-refractivity contribution in [2.75, 3.05) is 13.2 Å². The summed E-state index contributed by atoms with van der Waals surface area (Å²) >= 11 is 3.29. The summed E-state index contributed by atoms with van der Waals surface area (Å²) in [5.41, 5.74) is -0.0217. The minimum Gasteiger partial charge on any atom is -0.486 e. The number of fused-ring (bicyclic) bond motifs is 1. The fraction of sp³-hybridized carbons (Fsp3) is 0.294. The van der Waals surface area contributed by atoms with Crippen molar-refractivity contribution >= 4 is 26.0 Å². The van der Waals surface area contributed by atoms with Crippen LogP contribution in [0.25, 0.3) is 0 Å². The van der Waals surface area contributed by atoms with Gasteiger partial charge < -0.3 is 9.47 Å². The van der Waals surface area contributed by atoms with Crippen LogP contribution in [-0.4, -0.2) is 21.6 Å². The number of halogens is 1. The van der Waals surface area contributed by atoms with E-state index in [4.69, 9.17) is 9.47 Å². The Balaban J connectivity index is 1.92. The van der Waals surface area contributed by atoms with Gasteiger partial charge in [-0.3, -0.25) is 0 Å². The van der Waals surface area contributed by atoms with Crippen molar-refractivity contribution in [3.05, 3.63) is 52.5 Å². The zero-order chi connectivity index (χ0) is 17.4. The highest BCUT2D eigenvalue weighted by molar-refractivity contribution is 9.10. The van der Waals surface area contributed by atoms with Crippen molar-refractivity contribution in [1.82, 2.24) is 4.72 Å². The number of ether oxygens (including phenoxy) is 2. The molecule has 1 heterocycles. The molecule has 0 radical (unpaired) electrons. The Kier molecular flexibility index (Phi) is 4.59. The number of nitrogens with one attached hydrogen (secondary N) is 1. The molecule has 0 saturated carbocycles. The lowest BCUT2D eigenvalue weighted by molar-refractivity contribution is 0.171. The first-order valence-electron chi connectivity index (χ1n) is 7.48. The summed E-state index contributed by atoms with van der Waals surface area (Å²) in [7, 11) is -3.69. The van der Waals surface area contributed by atoms with Crippen molar-refractivity contribution < 1.29 is 17.9 Å². The maximum absolute atomic E-state index is 12.7. The predicted molar refractivity (Wildman–Crippen MR) is 94.9 cm³/mol. The Morgan fingerprint density at radius 2 is 1.71 bits per heavy atom. The minimum absolute atomic E-state index is 0.204. The van der Waals surface area contributed by atoms with Crippen LogP contribution < -0.4 is 14.2 Å². The lowest BCUT2D eigenvalue weighted by Crippen LogP contribution is -2.41. The molecule has 0 spiro atoms. The first kappa shape index (κ1) is 17.3. The van der Waals surface area contributed by atoms with E-state index in [1.807, 2.05) is 26.0 Å². The van der Waals surface area contributed by atoms with Crippen LogP contribution in [0.4, 0.5) is 0 Å². The Morgan fingerprint density at radius 3 is 2.42 bits per heavy atom. The number of rotatable bonds is 4. The van der Waals surface area contributed by atoms with Gasteiger partial charge in [0.05, 0.1) is 10.4 Å². The summed E-state index contributed by atoms with van der Waals surface area (Å²) < 4.78 is 39.8. The molecule has 128 valence electrons. The fourth-order valence-electron chi connectivity index (χ4n) is 2.54. The molecule has 0 saturated heterocycles. The molecule has 0 aliphatic carbocycles. The summed E-state index contributed by atoms with van der Waals surface area (Å²) in [6, 6.07) is 12.2. The average molecular weight is 412 g/mol. The minimum atomic E-state index is -3.69. The first-order chi connectivity index (χ1) is 11.3. The molecule has 1 N–H and O–H groups in total. The van der Waals surface area contributed by atoms with Crippen molar-refractivity contribution in [3.63, 3.8) is 0 Å². The van der Waals surface area contributed by atoms with Crippen LogP contribution in [-0.2, 0) is 15.6 Å². The van der Waals surface area contributed by atoms with Crippen LogP contribution in [0.5, 0.6) is 11.5 Å². The summed E-state index contributed by atoms with van der Waals surface area (Å²) in [4.78, 5) is 0.204. The third-order valence-corrected chi connectivity index (χ3v) is 6.45. The van der Waals surface area contributed by atoms with Gasteiger partial charge >= 0.3 is 0 Å². The molecule has 0 unspecified atom stereocenters. The fourth-order valence-corrected chi connectivity index (χ4v) is 4.95. The molecule has 24 heavy (non-hydrogen) atoms. The summed E-state index contributed by atoms with van der Waals surface area (Å²) in [5, 5.41) is 0. The SMILES string of the molecule is CC(C)(NS(=O)(=O)c1ccccc1Br)c1ccc2c(c1)OCCO2. The molecule has 3 rings (SSSR count). The molecule has 5 nitrogen and oxygen atoms in total. The van der Waals surface area contributed by atoms with Crippen LogP contribution in [0.1, 0.15) is 19.4 Å². The molecule has 0 atom stereocenters. The molecule has 1 aliphatic rings. The Morgan fingerprint density at radius 1 is 1.04 bits per heavy atom. The molecular formula is C17H18BrNO4S. The van der Waals surface area contributed by atoms with E-state index in [0.717, 1.165) is 5.56 Å². The van der Waals surface area contributed by atoms with Crippen molar-refractivity contribution in [3.8, 4) is 11.5 Å². The van der Waals surface area contributed by atoms with E-state index in [9.17, 15) is 8.42 Å². The van der Waals surface area contributed by atoms with Crippen molar-refractivity contribution in [2.45, 2.75) is 24.3 Å². The first-order valence-corrected chi connectivity index (χ1v) is 9.76. The lowest BCUT2D eigenvalue weighted by atomic mass is 9.95. The van der Waals surface area contributed by atoms with E-state index in [2.05, 4.69) is 20.7 Å². The Hall–Kier alpha value is -1.57. The van der Waals surface area contributed by atoms with E-state index >= 15 is 0 Å². The molecule has 1 aliphatic heterocycles. The maximum Gasteiger partial charge on any atom is 0.242 e. The van der Waals surface area contributed by atoms with Gasteiger partial charge in [-0.15, -0.1) is 0 Å². The molecule has 0 aromatic heterocycles. The Bertz CT molecular complexity index is 865. The monoisotopic (exact) mass is 411 g/mol. The molecule has 2 aromatic carbocycles. The second kappa shape index (κ2) is 6.38. The smallest absolute Gasteiger partial charge is 0.242 e. The number of benzene rings is 2. The molecule has 0 bridgehead atoms. The van der Waals surface area contributed by atoms with E-state index in [1.54, 1.807) is 30.3 Å². The van der Waals surface area contributed by atoms with Crippen LogP contribution in [0.2, 0.25) is 0 Å². The van der Waals surface area contributed by atoms with Gasteiger partial charge in [0.25, 0.3) is 0 Å². The quantitative estimate of drug-likeness (QED) is 0.836. The highest BCUT2D eigenvalue weighted by Gasteiger charge is 2.30. The van der Waals surface area contributed by atoms with Crippen LogP contribution >= 0.6 is 15.9 Å². The Labute approximate surface area is 150 Å². The van der Waals surface area contributed by atoms with E-state index in [0.29, 0.717) is 29.2 Å². The summed E-state index contributed by atoms with van der Waals surface area (Å²) in [6.07, 6.45) is 0. The van der Waals surface area contributed by atoms with Gasteiger partial charge in [-0.2, -0.15) is 0 Å². The zero-order valence-electron chi connectivity index (χ0n) is 13.4. The molecule has 2 aromatic rings. The zero-order valence-corrected chi connectivity index (χ0v) is 15.8. The molecule has 0 fully saturated rings. The van der Waals surface area contributed by atoms with E-state index < -0.39 is 15.6 Å². The van der Waals surface area contributed by atoms with E-state index in [1.165, 1.54) is 0 Å².